The van der Waals surface area contributed by atoms with Crippen LogP contribution in [0.15, 0.2) is 18.2 Å². The lowest BCUT2D eigenvalue weighted by molar-refractivity contribution is -0.141. The van der Waals surface area contributed by atoms with Gasteiger partial charge in [-0.2, -0.15) is 0 Å². The average molecular weight is 627 g/mol. The van der Waals surface area contributed by atoms with E-state index in [0.717, 1.165) is 44.9 Å². The number of benzene rings is 1. The molecule has 3 aliphatic rings. The van der Waals surface area contributed by atoms with Gasteiger partial charge in [-0.15, -0.1) is 0 Å². The maximum atomic E-state index is 14.8. The van der Waals surface area contributed by atoms with Crippen molar-refractivity contribution in [2.45, 2.75) is 110 Å². The number of aromatic nitrogens is 2. The van der Waals surface area contributed by atoms with Crippen LogP contribution >= 0.6 is 0 Å². The summed E-state index contributed by atoms with van der Waals surface area (Å²) in [6.07, 6.45) is 5.46. The summed E-state index contributed by atoms with van der Waals surface area (Å²) in [7, 11) is 1.57. The van der Waals surface area contributed by atoms with Crippen LogP contribution in [-0.4, -0.2) is 76.8 Å². The molecule has 1 aromatic heterocycles. The molecule has 246 valence electrons. The molecule has 2 aromatic rings. The van der Waals surface area contributed by atoms with E-state index in [-0.39, 0.29) is 24.1 Å². The minimum absolute atomic E-state index is 0.0436. The fourth-order valence-electron chi connectivity index (χ4n) is 7.34. The van der Waals surface area contributed by atoms with Crippen LogP contribution in [0.4, 0.5) is 9.18 Å². The van der Waals surface area contributed by atoms with E-state index in [1.807, 2.05) is 39.8 Å². The third kappa shape index (κ3) is 6.87. The number of alkyl halides is 1. The van der Waals surface area contributed by atoms with E-state index in [0.29, 0.717) is 28.9 Å². The van der Waals surface area contributed by atoms with Gasteiger partial charge in [-0.1, -0.05) is 33.6 Å². The molecule has 1 N–H and O–H groups in total. The van der Waals surface area contributed by atoms with Gasteiger partial charge in [-0.3, -0.25) is 14.0 Å². The lowest BCUT2D eigenvalue weighted by Crippen LogP contribution is -2.58. The van der Waals surface area contributed by atoms with Crippen LogP contribution in [0.25, 0.3) is 11.0 Å². The lowest BCUT2D eigenvalue weighted by Gasteiger charge is -2.37. The minimum atomic E-state index is -1.06. The predicted octanol–water partition coefficient (Wildman–Crippen LogP) is 5.59. The Balaban J connectivity index is 1.56. The molecule has 2 fully saturated rings. The molecule has 1 aliphatic carbocycles. The molecule has 0 unspecified atom stereocenters. The number of nitrogens with one attached hydrogen (secondary N) is 1. The molecule has 3 heterocycles. The standard InChI is InChI=1S/C34H47FN4O6/c1-20(40)28-23(18-35)27-19-39(28)31(41)29(33(2,3)4)38-32(42)45-34(5)16-10-12-21(34)11-8-7-9-13-25-30(44-27)37-26-17-22(43-6)14-15-24(26)36-25/h14-15,17,21,23,27-29H,7-13,16,18-19H2,1-6H3,(H,38,42)/t21-,23-,27+,28-,29-,34-/m1/s1. The van der Waals surface area contributed by atoms with Crippen molar-refractivity contribution in [2.75, 3.05) is 20.3 Å². The number of carbonyl (C=O) groups is 3. The van der Waals surface area contributed by atoms with Gasteiger partial charge < -0.3 is 24.4 Å². The lowest BCUT2D eigenvalue weighted by atomic mass is 9.85. The quantitative estimate of drug-likeness (QED) is 0.469. The number of aryl methyl sites for hydroxylation is 1. The average Bonchev–Trinajstić information content (AvgIpc) is 3.53. The molecule has 2 aliphatic heterocycles. The van der Waals surface area contributed by atoms with E-state index in [9.17, 15) is 18.8 Å². The minimum Gasteiger partial charge on any atom is -0.497 e. The number of Topliss-reactive ketones (excluding diaryl/α,β-unsaturated/α-hetero) is 1. The highest BCUT2D eigenvalue weighted by Gasteiger charge is 2.51. The summed E-state index contributed by atoms with van der Waals surface area (Å²) in [5.41, 5.74) is 0.553. The second kappa shape index (κ2) is 13.1. The van der Waals surface area contributed by atoms with Gasteiger partial charge in [-0.05, 0) is 75.8 Å². The molecule has 11 heteroatoms. The van der Waals surface area contributed by atoms with Crippen molar-refractivity contribution in [3.63, 3.8) is 0 Å². The number of hydrogen-bond acceptors (Lipinski definition) is 8. The summed E-state index contributed by atoms with van der Waals surface area (Å²) in [4.78, 5) is 51.7. The molecular formula is C34H47FN4O6. The van der Waals surface area contributed by atoms with E-state index in [1.54, 1.807) is 13.2 Å². The topological polar surface area (TPSA) is 120 Å². The zero-order chi connectivity index (χ0) is 32.5. The number of methoxy groups -OCH3 is 1. The smallest absolute Gasteiger partial charge is 0.408 e. The Morgan fingerprint density at radius 3 is 2.58 bits per heavy atom. The van der Waals surface area contributed by atoms with Crippen LogP contribution in [0, 0.1) is 17.3 Å². The van der Waals surface area contributed by atoms with E-state index >= 15 is 0 Å². The molecule has 2 bridgehead atoms. The molecule has 10 nitrogen and oxygen atoms in total. The Morgan fingerprint density at radius 2 is 1.89 bits per heavy atom. The third-order valence-electron chi connectivity index (χ3n) is 9.90. The molecular weight excluding hydrogens is 579 g/mol. The van der Waals surface area contributed by atoms with E-state index < -0.39 is 53.8 Å². The SMILES string of the molecule is COc1ccc2nc3c(nc2c1)O[C@H]1CN(C(=O)[C@H](C(C)(C)C)NC(=O)O[C@]2(C)CCC[C@H]2CCCCC3)[C@H](C(C)=O)[C@@H]1CF. The first kappa shape index (κ1) is 32.9. The summed E-state index contributed by atoms with van der Waals surface area (Å²) in [6.45, 7) is 7.94. The van der Waals surface area contributed by atoms with Gasteiger partial charge in [0.05, 0.1) is 43.3 Å². The van der Waals surface area contributed by atoms with Gasteiger partial charge in [0.2, 0.25) is 11.8 Å². The summed E-state index contributed by atoms with van der Waals surface area (Å²) in [5, 5.41) is 2.84. The first-order valence-electron chi connectivity index (χ1n) is 16.2. The Morgan fingerprint density at radius 1 is 1.13 bits per heavy atom. The maximum Gasteiger partial charge on any atom is 0.408 e. The van der Waals surface area contributed by atoms with Crippen LogP contribution in [0.3, 0.4) is 0 Å². The van der Waals surface area contributed by atoms with Crippen molar-refractivity contribution >= 4 is 28.8 Å². The van der Waals surface area contributed by atoms with Crippen LogP contribution in [0.1, 0.15) is 85.3 Å². The molecule has 1 saturated carbocycles. The number of halogens is 1. The molecule has 45 heavy (non-hydrogen) atoms. The first-order valence-corrected chi connectivity index (χ1v) is 16.2. The van der Waals surface area contributed by atoms with Crippen molar-refractivity contribution < 1.29 is 33.0 Å². The molecule has 5 rings (SSSR count). The maximum absolute atomic E-state index is 14.8. The Labute approximate surface area is 264 Å². The van der Waals surface area contributed by atoms with Crippen molar-refractivity contribution in [3.05, 3.63) is 23.9 Å². The van der Waals surface area contributed by atoms with E-state index in [2.05, 4.69) is 5.32 Å². The van der Waals surface area contributed by atoms with Gasteiger partial charge in [0.25, 0.3) is 0 Å². The summed E-state index contributed by atoms with van der Waals surface area (Å²) in [6, 6.07) is 3.36. The largest absolute Gasteiger partial charge is 0.497 e. The van der Waals surface area contributed by atoms with Gasteiger partial charge in [-0.25, -0.2) is 14.8 Å². The van der Waals surface area contributed by atoms with Crippen molar-refractivity contribution in [1.29, 1.82) is 0 Å². The number of hydrogen-bond donors (Lipinski definition) is 1. The number of nitrogens with zero attached hydrogens (tertiary/aromatic N) is 3. The highest BCUT2D eigenvalue weighted by atomic mass is 19.1. The predicted molar refractivity (Wildman–Crippen MR) is 167 cm³/mol. The van der Waals surface area contributed by atoms with Gasteiger partial charge in [0, 0.05) is 6.07 Å². The van der Waals surface area contributed by atoms with Crippen molar-refractivity contribution in [1.82, 2.24) is 20.2 Å². The number of fused-ring (bicyclic) bond motifs is 5. The second-order valence-electron chi connectivity index (χ2n) is 14.2. The molecule has 1 saturated heterocycles. The second-order valence-corrected chi connectivity index (χ2v) is 14.2. The van der Waals surface area contributed by atoms with Crippen LogP contribution < -0.4 is 14.8 Å². The third-order valence-corrected chi connectivity index (χ3v) is 9.90. The number of rotatable bonds is 3. The number of ketones is 1. The molecule has 1 aromatic carbocycles. The van der Waals surface area contributed by atoms with Crippen molar-refractivity contribution in [2.24, 2.45) is 17.3 Å². The number of alkyl carbamates (subject to hydrolysis) is 1. The highest BCUT2D eigenvalue weighted by Crippen LogP contribution is 2.42. The zero-order valence-electron chi connectivity index (χ0n) is 27.4. The Bertz CT molecular complexity index is 1430. The number of amides is 2. The molecule has 2 amide bonds. The first-order chi connectivity index (χ1) is 21.3. The van der Waals surface area contributed by atoms with Crippen LogP contribution in [0.2, 0.25) is 0 Å². The Kier molecular flexibility index (Phi) is 9.56. The fourth-order valence-corrected chi connectivity index (χ4v) is 7.34. The van der Waals surface area contributed by atoms with Crippen molar-refractivity contribution in [3.8, 4) is 11.6 Å². The zero-order valence-corrected chi connectivity index (χ0v) is 27.4. The summed E-state index contributed by atoms with van der Waals surface area (Å²) >= 11 is 0. The Hall–Kier alpha value is -3.50. The monoisotopic (exact) mass is 626 g/mol. The van der Waals surface area contributed by atoms with E-state index in [4.69, 9.17) is 24.2 Å². The number of carbonyl (C=O) groups excluding carboxylic acids is 3. The molecule has 0 radical (unpaired) electrons. The van der Waals surface area contributed by atoms with Gasteiger partial charge >= 0.3 is 6.09 Å². The van der Waals surface area contributed by atoms with Crippen LogP contribution in [-0.2, 0) is 20.7 Å². The molecule has 6 atom stereocenters. The van der Waals surface area contributed by atoms with Gasteiger partial charge in [0.15, 0.2) is 5.78 Å². The fraction of sp³-hybridized carbons (Fsp3) is 0.676. The normalized spacial score (nSPS) is 29.9. The van der Waals surface area contributed by atoms with Gasteiger partial charge in [0.1, 0.15) is 29.2 Å². The summed E-state index contributed by atoms with van der Waals surface area (Å²) < 4.78 is 32.7. The van der Waals surface area contributed by atoms with E-state index in [1.165, 1.54) is 11.8 Å². The summed E-state index contributed by atoms with van der Waals surface area (Å²) in [5.74, 6) is -0.649. The van der Waals surface area contributed by atoms with Crippen LogP contribution in [0.5, 0.6) is 11.6 Å². The molecule has 0 spiro atoms. The number of ether oxygens (including phenoxy) is 3. The highest BCUT2D eigenvalue weighted by molar-refractivity contribution is 5.92.